The minimum absolute atomic E-state index is 0.0537. The average Bonchev–Trinajstić information content (AvgIpc) is 2.44. The van der Waals surface area contributed by atoms with Crippen LogP contribution in [0, 0.1) is 11.3 Å². The van der Waals surface area contributed by atoms with Gasteiger partial charge in [-0.3, -0.25) is 0 Å². The number of sulfonamides is 1. The molecule has 0 aliphatic carbocycles. The highest BCUT2D eigenvalue weighted by molar-refractivity contribution is 9.10. The van der Waals surface area contributed by atoms with E-state index in [0.717, 1.165) is 0 Å². The molecule has 0 aromatic heterocycles. The Balaban J connectivity index is 3.01. The maximum atomic E-state index is 12.2. The molecule has 0 saturated heterocycles. The lowest BCUT2D eigenvalue weighted by Gasteiger charge is -2.26. The summed E-state index contributed by atoms with van der Waals surface area (Å²) in [7, 11) is -3.68. The fourth-order valence-electron chi connectivity index (χ4n) is 1.60. The number of nitrogens with zero attached hydrogens (tertiary/aromatic N) is 1. The van der Waals surface area contributed by atoms with E-state index < -0.39 is 15.6 Å². The lowest BCUT2D eigenvalue weighted by molar-refractivity contribution is 0.392. The van der Waals surface area contributed by atoms with Gasteiger partial charge in [0, 0.05) is 16.6 Å². The number of hydrogen-bond acceptors (Lipinski definition) is 4. The first-order chi connectivity index (χ1) is 9.26. The van der Waals surface area contributed by atoms with Crippen molar-refractivity contribution in [1.29, 1.82) is 5.26 Å². The van der Waals surface area contributed by atoms with Gasteiger partial charge in [0.1, 0.15) is 0 Å². The van der Waals surface area contributed by atoms with Crippen LogP contribution in [0.2, 0.25) is 0 Å². The van der Waals surface area contributed by atoms with Crippen molar-refractivity contribution in [2.45, 2.75) is 37.1 Å². The molecule has 0 saturated carbocycles. The van der Waals surface area contributed by atoms with Gasteiger partial charge in [0.05, 0.1) is 16.5 Å². The lowest BCUT2D eigenvalue weighted by Crippen LogP contribution is -2.49. The van der Waals surface area contributed by atoms with Crippen molar-refractivity contribution >= 4 is 26.0 Å². The zero-order valence-electron chi connectivity index (χ0n) is 11.5. The summed E-state index contributed by atoms with van der Waals surface area (Å²) in [6.45, 7) is 4.01. The predicted molar refractivity (Wildman–Crippen MR) is 81.5 cm³/mol. The molecule has 7 heteroatoms. The van der Waals surface area contributed by atoms with Gasteiger partial charge in [0.15, 0.2) is 0 Å². The van der Waals surface area contributed by atoms with Crippen molar-refractivity contribution in [3.05, 3.63) is 28.2 Å². The Kier molecular flexibility index (Phi) is 5.71. The summed E-state index contributed by atoms with van der Waals surface area (Å²) in [4.78, 5) is 0.0537. The average molecular weight is 360 g/mol. The van der Waals surface area contributed by atoms with Gasteiger partial charge in [-0.25, -0.2) is 13.1 Å². The second-order valence-electron chi connectivity index (χ2n) is 4.68. The van der Waals surface area contributed by atoms with Crippen LogP contribution in [0.4, 0.5) is 0 Å². The quantitative estimate of drug-likeness (QED) is 0.812. The van der Waals surface area contributed by atoms with E-state index >= 15 is 0 Å². The van der Waals surface area contributed by atoms with Crippen LogP contribution in [-0.2, 0) is 10.0 Å². The van der Waals surface area contributed by atoms with Gasteiger partial charge in [-0.2, -0.15) is 5.26 Å². The number of nitrogens with one attached hydrogen (secondary N) is 1. The summed E-state index contributed by atoms with van der Waals surface area (Å²) < 4.78 is 27.5. The second kappa shape index (κ2) is 6.68. The van der Waals surface area contributed by atoms with Gasteiger partial charge in [0.25, 0.3) is 0 Å². The van der Waals surface area contributed by atoms with Crippen LogP contribution in [-0.4, -0.2) is 20.5 Å². The fourth-order valence-corrected chi connectivity index (χ4v) is 3.46. The maximum Gasteiger partial charge on any atom is 0.240 e. The molecule has 0 aliphatic rings. The largest absolute Gasteiger partial charge is 0.324 e. The van der Waals surface area contributed by atoms with E-state index in [9.17, 15) is 8.42 Å². The number of rotatable bonds is 6. The standard InChI is InChI=1S/C13H18BrN3O2S/c1-3-13(16,4-2)9-17-20(18,19)12-6-10(8-15)5-11(14)7-12/h5-7,17H,3-4,9,16H2,1-2H3. The fraction of sp³-hybridized carbons (Fsp3) is 0.462. The topological polar surface area (TPSA) is 96.0 Å². The van der Waals surface area contributed by atoms with Crippen LogP contribution in [0.15, 0.2) is 27.6 Å². The van der Waals surface area contributed by atoms with Crippen molar-refractivity contribution in [3.8, 4) is 6.07 Å². The number of hydrogen-bond donors (Lipinski definition) is 2. The second-order valence-corrected chi connectivity index (χ2v) is 7.36. The van der Waals surface area contributed by atoms with E-state index in [1.807, 2.05) is 19.9 Å². The molecule has 1 aromatic rings. The van der Waals surface area contributed by atoms with E-state index in [0.29, 0.717) is 17.3 Å². The molecular formula is C13H18BrN3O2S. The third kappa shape index (κ3) is 4.28. The Bertz CT molecular complexity index is 619. The van der Waals surface area contributed by atoms with E-state index in [1.165, 1.54) is 12.1 Å². The molecule has 1 rings (SSSR count). The summed E-state index contributed by atoms with van der Waals surface area (Å²) in [5.74, 6) is 0. The molecule has 110 valence electrons. The van der Waals surface area contributed by atoms with E-state index in [2.05, 4.69) is 20.7 Å². The minimum Gasteiger partial charge on any atom is -0.324 e. The molecule has 0 spiro atoms. The van der Waals surface area contributed by atoms with Gasteiger partial charge in [-0.15, -0.1) is 0 Å². The number of nitrogens with two attached hydrogens (primary N) is 1. The first-order valence-corrected chi connectivity index (χ1v) is 8.53. The molecule has 0 fully saturated rings. The molecule has 5 nitrogen and oxygen atoms in total. The Labute approximate surface area is 128 Å². The van der Waals surface area contributed by atoms with Gasteiger partial charge in [-0.1, -0.05) is 29.8 Å². The predicted octanol–water partition coefficient (Wildman–Crippen LogP) is 2.12. The highest BCUT2D eigenvalue weighted by atomic mass is 79.9. The summed E-state index contributed by atoms with van der Waals surface area (Å²) in [5.41, 5.74) is 5.80. The highest BCUT2D eigenvalue weighted by Gasteiger charge is 2.24. The molecule has 0 bridgehead atoms. The summed E-state index contributed by atoms with van der Waals surface area (Å²) in [5, 5.41) is 8.88. The van der Waals surface area contributed by atoms with Gasteiger partial charge < -0.3 is 5.73 Å². The van der Waals surface area contributed by atoms with Crippen LogP contribution in [0.5, 0.6) is 0 Å². The van der Waals surface area contributed by atoms with E-state index in [-0.39, 0.29) is 17.0 Å². The van der Waals surface area contributed by atoms with E-state index in [1.54, 1.807) is 6.07 Å². The van der Waals surface area contributed by atoms with Crippen molar-refractivity contribution < 1.29 is 8.42 Å². The molecule has 0 aliphatic heterocycles. The first-order valence-electron chi connectivity index (χ1n) is 6.25. The van der Waals surface area contributed by atoms with Crippen LogP contribution in [0.25, 0.3) is 0 Å². The summed E-state index contributed by atoms with van der Waals surface area (Å²) in [6, 6.07) is 6.28. The summed E-state index contributed by atoms with van der Waals surface area (Å²) in [6.07, 6.45) is 1.35. The van der Waals surface area contributed by atoms with E-state index in [4.69, 9.17) is 11.0 Å². The Hall–Kier alpha value is -0.940. The lowest BCUT2D eigenvalue weighted by atomic mass is 9.95. The number of benzene rings is 1. The molecular weight excluding hydrogens is 342 g/mol. The van der Waals surface area contributed by atoms with Crippen LogP contribution in [0.3, 0.4) is 0 Å². The van der Waals surface area contributed by atoms with Crippen molar-refractivity contribution in [2.75, 3.05) is 6.54 Å². The Morgan fingerprint density at radius 2 is 1.95 bits per heavy atom. The zero-order valence-corrected chi connectivity index (χ0v) is 13.9. The van der Waals surface area contributed by atoms with Crippen molar-refractivity contribution in [2.24, 2.45) is 5.73 Å². The molecule has 0 heterocycles. The van der Waals surface area contributed by atoms with Crippen molar-refractivity contribution in [1.82, 2.24) is 4.72 Å². The van der Waals surface area contributed by atoms with Gasteiger partial charge >= 0.3 is 0 Å². The normalized spacial score (nSPS) is 12.2. The Morgan fingerprint density at radius 3 is 2.45 bits per heavy atom. The minimum atomic E-state index is -3.68. The third-order valence-corrected chi connectivity index (χ3v) is 5.17. The first kappa shape index (κ1) is 17.1. The molecule has 1 aromatic carbocycles. The number of nitriles is 1. The molecule has 0 amide bonds. The smallest absolute Gasteiger partial charge is 0.240 e. The third-order valence-electron chi connectivity index (χ3n) is 3.33. The molecule has 0 radical (unpaired) electrons. The zero-order chi connectivity index (χ0) is 15.4. The molecule has 0 atom stereocenters. The number of halogens is 1. The van der Waals surface area contributed by atoms with Gasteiger partial charge in [-0.05, 0) is 31.0 Å². The Morgan fingerprint density at radius 1 is 1.35 bits per heavy atom. The monoisotopic (exact) mass is 359 g/mol. The van der Waals surface area contributed by atoms with Crippen LogP contribution < -0.4 is 10.5 Å². The SMILES string of the molecule is CCC(N)(CC)CNS(=O)(=O)c1cc(Br)cc(C#N)c1. The molecule has 3 N–H and O–H groups in total. The van der Waals surface area contributed by atoms with Crippen LogP contribution in [0.1, 0.15) is 32.3 Å². The molecule has 0 unspecified atom stereocenters. The van der Waals surface area contributed by atoms with Crippen LogP contribution >= 0.6 is 15.9 Å². The molecule has 20 heavy (non-hydrogen) atoms. The van der Waals surface area contributed by atoms with Crippen molar-refractivity contribution in [3.63, 3.8) is 0 Å². The maximum absolute atomic E-state index is 12.2. The summed E-state index contributed by atoms with van der Waals surface area (Å²) >= 11 is 3.20. The van der Waals surface area contributed by atoms with Gasteiger partial charge in [0.2, 0.25) is 10.0 Å². The highest BCUT2D eigenvalue weighted by Crippen LogP contribution is 2.20.